The lowest BCUT2D eigenvalue weighted by Crippen LogP contribution is -2.49. The van der Waals surface area contributed by atoms with Crippen molar-refractivity contribution in [2.75, 3.05) is 64.6 Å². The molecule has 4 rings (SSSR count). The molecule has 7 heteroatoms. The molecule has 0 spiro atoms. The SMILES string of the molecule is COc1ccccc1N1CCN(C[C@@H](O)COC[C@H]2COc3ccccc3O2)CC1. The second-order valence-electron chi connectivity index (χ2n) is 7.65. The molecule has 0 aliphatic carbocycles. The predicted molar refractivity (Wildman–Crippen MR) is 115 cm³/mol. The lowest BCUT2D eigenvalue weighted by atomic mass is 10.2. The first-order valence-corrected chi connectivity index (χ1v) is 10.5. The van der Waals surface area contributed by atoms with Crippen molar-refractivity contribution in [3.8, 4) is 17.2 Å². The lowest BCUT2D eigenvalue weighted by Gasteiger charge is -2.37. The van der Waals surface area contributed by atoms with Crippen molar-refractivity contribution in [2.24, 2.45) is 0 Å². The van der Waals surface area contributed by atoms with Crippen LogP contribution in [0, 0.1) is 0 Å². The minimum Gasteiger partial charge on any atom is -0.495 e. The number of anilines is 1. The van der Waals surface area contributed by atoms with Crippen molar-refractivity contribution < 1.29 is 24.1 Å². The number of hydrogen-bond donors (Lipinski definition) is 1. The average Bonchev–Trinajstić information content (AvgIpc) is 2.79. The first-order valence-electron chi connectivity index (χ1n) is 10.5. The van der Waals surface area contributed by atoms with E-state index in [0.29, 0.717) is 19.8 Å². The summed E-state index contributed by atoms with van der Waals surface area (Å²) in [4.78, 5) is 4.60. The summed E-state index contributed by atoms with van der Waals surface area (Å²) in [7, 11) is 1.70. The van der Waals surface area contributed by atoms with E-state index in [0.717, 1.165) is 49.1 Å². The molecule has 0 radical (unpaired) electrons. The van der Waals surface area contributed by atoms with Gasteiger partial charge in [-0.3, -0.25) is 4.90 Å². The van der Waals surface area contributed by atoms with Crippen molar-refractivity contribution in [3.05, 3.63) is 48.5 Å². The average molecular weight is 415 g/mol. The minimum atomic E-state index is -0.528. The Labute approximate surface area is 177 Å². The van der Waals surface area contributed by atoms with E-state index in [2.05, 4.69) is 15.9 Å². The van der Waals surface area contributed by atoms with Gasteiger partial charge in [0.1, 0.15) is 12.4 Å². The van der Waals surface area contributed by atoms with Gasteiger partial charge in [0.15, 0.2) is 17.6 Å². The van der Waals surface area contributed by atoms with Crippen LogP contribution in [0.25, 0.3) is 0 Å². The maximum Gasteiger partial charge on any atom is 0.161 e. The zero-order valence-corrected chi connectivity index (χ0v) is 17.4. The summed E-state index contributed by atoms with van der Waals surface area (Å²) in [6.07, 6.45) is -0.684. The van der Waals surface area contributed by atoms with Crippen LogP contribution in [0.5, 0.6) is 17.2 Å². The lowest BCUT2D eigenvalue weighted by molar-refractivity contribution is -0.0292. The van der Waals surface area contributed by atoms with Crippen molar-refractivity contribution in [1.82, 2.24) is 4.90 Å². The summed E-state index contributed by atoms with van der Waals surface area (Å²) < 4.78 is 22.7. The van der Waals surface area contributed by atoms with Crippen molar-refractivity contribution in [1.29, 1.82) is 0 Å². The molecular weight excluding hydrogens is 384 g/mol. The zero-order chi connectivity index (χ0) is 20.8. The van der Waals surface area contributed by atoms with Gasteiger partial charge in [0.05, 0.1) is 32.1 Å². The van der Waals surface area contributed by atoms with Gasteiger partial charge in [0.2, 0.25) is 0 Å². The molecule has 30 heavy (non-hydrogen) atoms. The highest BCUT2D eigenvalue weighted by molar-refractivity contribution is 5.58. The first-order chi connectivity index (χ1) is 14.7. The van der Waals surface area contributed by atoms with E-state index in [1.54, 1.807) is 7.11 Å². The number of β-amino-alcohol motifs (C(OH)–C–C–N with tert-alkyl or cyclic N) is 1. The van der Waals surface area contributed by atoms with E-state index in [1.807, 2.05) is 42.5 Å². The van der Waals surface area contributed by atoms with E-state index < -0.39 is 6.10 Å². The molecule has 2 aliphatic heterocycles. The standard InChI is InChI=1S/C23H30N2O5/c1-27-21-7-3-2-6-20(21)25-12-10-24(11-13-25)14-18(26)15-28-16-19-17-29-22-8-4-5-9-23(22)30-19/h2-9,18-19,26H,10-17H2,1H3/t18-,19+/m1/s1. The second kappa shape index (κ2) is 10.0. The summed E-state index contributed by atoms with van der Waals surface area (Å²) in [5, 5.41) is 10.4. The Morgan fingerprint density at radius 1 is 1.03 bits per heavy atom. The normalized spacial score (nSPS) is 20.1. The number of nitrogens with zero attached hydrogens (tertiary/aromatic N) is 2. The Hall–Kier alpha value is -2.48. The Morgan fingerprint density at radius 3 is 2.57 bits per heavy atom. The third kappa shape index (κ3) is 5.16. The molecule has 1 saturated heterocycles. The molecule has 0 saturated carbocycles. The van der Waals surface area contributed by atoms with Crippen LogP contribution in [0.15, 0.2) is 48.5 Å². The number of rotatable bonds is 8. The van der Waals surface area contributed by atoms with Crippen molar-refractivity contribution in [3.63, 3.8) is 0 Å². The molecule has 0 bridgehead atoms. The highest BCUT2D eigenvalue weighted by Gasteiger charge is 2.23. The Balaban J connectivity index is 1.16. The maximum atomic E-state index is 10.4. The number of fused-ring (bicyclic) bond motifs is 1. The molecule has 2 aromatic rings. The van der Waals surface area contributed by atoms with Crippen LogP contribution < -0.4 is 19.1 Å². The summed E-state index contributed by atoms with van der Waals surface area (Å²) in [5.41, 5.74) is 1.12. The number of ether oxygens (including phenoxy) is 4. The molecule has 0 unspecified atom stereocenters. The quantitative estimate of drug-likeness (QED) is 0.709. The van der Waals surface area contributed by atoms with Crippen LogP contribution in [0.3, 0.4) is 0 Å². The molecule has 162 valence electrons. The van der Waals surface area contributed by atoms with Gasteiger partial charge in [0, 0.05) is 32.7 Å². The fourth-order valence-corrected chi connectivity index (χ4v) is 3.89. The van der Waals surface area contributed by atoms with Gasteiger partial charge in [-0.1, -0.05) is 24.3 Å². The zero-order valence-electron chi connectivity index (χ0n) is 17.4. The molecule has 7 nitrogen and oxygen atoms in total. The summed E-state index contributed by atoms with van der Waals surface area (Å²) in [5.74, 6) is 2.41. The topological polar surface area (TPSA) is 63.6 Å². The molecule has 2 aromatic carbocycles. The molecule has 1 fully saturated rings. The fourth-order valence-electron chi connectivity index (χ4n) is 3.89. The van der Waals surface area contributed by atoms with Crippen molar-refractivity contribution in [2.45, 2.75) is 12.2 Å². The Kier molecular flexibility index (Phi) is 6.94. The molecule has 0 aromatic heterocycles. The third-order valence-corrected chi connectivity index (χ3v) is 5.45. The first kappa shape index (κ1) is 20.8. The van der Waals surface area contributed by atoms with Gasteiger partial charge < -0.3 is 29.0 Å². The number of para-hydroxylation sites is 4. The number of hydrogen-bond acceptors (Lipinski definition) is 7. The molecule has 2 atom stereocenters. The fraction of sp³-hybridized carbons (Fsp3) is 0.478. The molecule has 2 heterocycles. The number of aliphatic hydroxyl groups excluding tert-OH is 1. The van der Waals surface area contributed by atoms with E-state index in [-0.39, 0.29) is 12.7 Å². The number of methoxy groups -OCH3 is 1. The van der Waals surface area contributed by atoms with Gasteiger partial charge in [-0.05, 0) is 24.3 Å². The van der Waals surface area contributed by atoms with Gasteiger partial charge in [-0.15, -0.1) is 0 Å². The van der Waals surface area contributed by atoms with E-state index in [1.165, 1.54) is 0 Å². The van der Waals surface area contributed by atoms with Crippen molar-refractivity contribution >= 4 is 5.69 Å². The molecule has 0 amide bonds. The summed E-state index contributed by atoms with van der Waals surface area (Å²) >= 11 is 0. The van der Waals surface area contributed by atoms with Gasteiger partial charge in [-0.2, -0.15) is 0 Å². The van der Waals surface area contributed by atoms with Crippen LogP contribution in [0.2, 0.25) is 0 Å². The highest BCUT2D eigenvalue weighted by Crippen LogP contribution is 2.31. The minimum absolute atomic E-state index is 0.156. The molecular formula is C23H30N2O5. The highest BCUT2D eigenvalue weighted by atomic mass is 16.6. The molecule has 2 aliphatic rings. The maximum absolute atomic E-state index is 10.4. The van der Waals surface area contributed by atoms with Gasteiger partial charge in [-0.25, -0.2) is 0 Å². The summed E-state index contributed by atoms with van der Waals surface area (Å²) in [6.45, 7) is 5.34. The van der Waals surface area contributed by atoms with E-state index >= 15 is 0 Å². The van der Waals surface area contributed by atoms with Crippen LogP contribution >= 0.6 is 0 Å². The Morgan fingerprint density at radius 2 is 1.77 bits per heavy atom. The van der Waals surface area contributed by atoms with Crippen LogP contribution in [0.4, 0.5) is 5.69 Å². The second-order valence-corrected chi connectivity index (χ2v) is 7.65. The number of piperazine rings is 1. The smallest absolute Gasteiger partial charge is 0.161 e. The van der Waals surface area contributed by atoms with Crippen LogP contribution in [-0.2, 0) is 4.74 Å². The summed E-state index contributed by atoms with van der Waals surface area (Å²) in [6, 6.07) is 15.7. The third-order valence-electron chi connectivity index (χ3n) is 5.45. The monoisotopic (exact) mass is 414 g/mol. The van der Waals surface area contributed by atoms with Gasteiger partial charge in [0.25, 0.3) is 0 Å². The number of aliphatic hydroxyl groups is 1. The largest absolute Gasteiger partial charge is 0.495 e. The van der Waals surface area contributed by atoms with E-state index in [9.17, 15) is 5.11 Å². The van der Waals surface area contributed by atoms with E-state index in [4.69, 9.17) is 18.9 Å². The number of benzene rings is 2. The predicted octanol–water partition coefficient (Wildman–Crippen LogP) is 2.03. The van der Waals surface area contributed by atoms with Crippen LogP contribution in [-0.4, -0.2) is 81.9 Å². The Bertz CT molecular complexity index is 810. The van der Waals surface area contributed by atoms with Crippen LogP contribution in [0.1, 0.15) is 0 Å². The molecule has 1 N–H and O–H groups in total. The van der Waals surface area contributed by atoms with Gasteiger partial charge >= 0.3 is 0 Å².